The highest BCUT2D eigenvalue weighted by Gasteiger charge is 2.25. The van der Waals surface area contributed by atoms with E-state index in [1.807, 2.05) is 0 Å². The van der Waals surface area contributed by atoms with Gasteiger partial charge in [-0.1, -0.05) is 95.5 Å². The molecule has 0 aliphatic heterocycles. The van der Waals surface area contributed by atoms with Crippen molar-refractivity contribution in [2.75, 3.05) is 0 Å². The molecule has 3 heterocycles. The summed E-state index contributed by atoms with van der Waals surface area (Å²) in [4.78, 5) is 5.34. The Kier molecular flexibility index (Phi) is 5.03. The highest BCUT2D eigenvalue weighted by atomic mass is 14.9. The molecule has 7 rings (SSSR count). The fourth-order valence-corrected chi connectivity index (χ4v) is 6.93. The van der Waals surface area contributed by atoms with E-state index < -0.39 is 0 Å². The van der Waals surface area contributed by atoms with Crippen LogP contribution in [0.25, 0.3) is 59.8 Å². The van der Waals surface area contributed by atoms with Crippen LogP contribution in [0.3, 0.4) is 0 Å². The minimum Gasteiger partial charge on any atom is -0.308 e. The maximum atomic E-state index is 5.34. The first kappa shape index (κ1) is 24.5. The molecule has 0 radical (unpaired) electrons. The predicted molar refractivity (Wildman–Crippen MR) is 177 cm³/mol. The van der Waals surface area contributed by atoms with E-state index in [0.717, 1.165) is 24.0 Å². The summed E-state index contributed by atoms with van der Waals surface area (Å²) < 4.78 is 2.58. The van der Waals surface area contributed by atoms with Gasteiger partial charge in [0.15, 0.2) is 7.85 Å². The van der Waals surface area contributed by atoms with Gasteiger partial charge in [-0.25, -0.2) is 0 Å². The largest absolute Gasteiger partial charge is 0.308 e. The molecule has 0 aliphatic carbocycles. The number of nitrogens with zero attached hydrogens (tertiary/aromatic N) is 2. The van der Waals surface area contributed by atoms with Gasteiger partial charge in [0.05, 0.1) is 22.1 Å². The van der Waals surface area contributed by atoms with E-state index in [-0.39, 0.29) is 10.8 Å². The molecule has 0 amide bonds. The SMILES string of the molecule is Bc1nc2c3cc4cc(CC(C)(C)C)ccc4c(CC(C)(C)C)c3n3c4ccccc4c4ccc(c1B)c2c43. The van der Waals surface area contributed by atoms with Crippen LogP contribution in [0, 0.1) is 10.8 Å². The van der Waals surface area contributed by atoms with Crippen molar-refractivity contribution < 1.29 is 0 Å². The quantitative estimate of drug-likeness (QED) is 0.154. The summed E-state index contributed by atoms with van der Waals surface area (Å²) in [7, 11) is 4.39. The third kappa shape index (κ3) is 3.68. The number of benzene rings is 4. The second-order valence-corrected chi connectivity index (χ2v) is 14.2. The van der Waals surface area contributed by atoms with Crippen LogP contribution < -0.4 is 11.1 Å². The van der Waals surface area contributed by atoms with Gasteiger partial charge in [-0.2, -0.15) is 0 Å². The normalized spacial score (nSPS) is 13.3. The molecule has 4 aromatic carbocycles. The van der Waals surface area contributed by atoms with Gasteiger partial charge in [-0.15, -0.1) is 0 Å². The second kappa shape index (κ2) is 8.01. The number of para-hydroxylation sites is 1. The molecule has 2 nitrogen and oxygen atoms in total. The Morgan fingerprint density at radius 3 is 2.13 bits per heavy atom. The molecule has 0 bridgehead atoms. The van der Waals surface area contributed by atoms with Crippen molar-refractivity contribution in [1.29, 1.82) is 0 Å². The maximum absolute atomic E-state index is 5.34. The van der Waals surface area contributed by atoms with Crippen molar-refractivity contribution in [3.8, 4) is 0 Å². The lowest BCUT2D eigenvalue weighted by Gasteiger charge is -2.24. The molecule has 0 N–H and O–H groups in total. The standard InChI is InChI=1S/C35H36B2N2/c1-34(2,3)17-19-11-12-21-20(15-19)16-25-30-28-24(29(36)33(37)38-30)14-13-23-22-9-7-8-10-27(22)39(32(23)28)31(25)26(21)18-35(4,5)6/h7-16H,17-18,36-37H2,1-6H3. The van der Waals surface area contributed by atoms with Crippen molar-refractivity contribution in [1.82, 2.24) is 9.38 Å². The average Bonchev–Trinajstić information content (AvgIpc) is 3.18. The molecular formula is C35H36B2N2. The van der Waals surface area contributed by atoms with Crippen LogP contribution in [0.1, 0.15) is 52.7 Å². The molecule has 0 fully saturated rings. The summed E-state index contributed by atoms with van der Waals surface area (Å²) in [6.07, 6.45) is 2.06. The van der Waals surface area contributed by atoms with Crippen LogP contribution in [0.2, 0.25) is 0 Å². The molecule has 0 saturated carbocycles. The van der Waals surface area contributed by atoms with Gasteiger partial charge in [0.25, 0.3) is 0 Å². The average molecular weight is 506 g/mol. The first-order chi connectivity index (χ1) is 18.4. The summed E-state index contributed by atoms with van der Waals surface area (Å²) in [6, 6.07) is 23.2. The third-order valence-electron chi connectivity index (χ3n) is 8.50. The molecule has 39 heavy (non-hydrogen) atoms. The summed E-state index contributed by atoms with van der Waals surface area (Å²) in [5.41, 5.74) is 10.7. The molecular weight excluding hydrogens is 470 g/mol. The van der Waals surface area contributed by atoms with Crippen LogP contribution in [0.4, 0.5) is 0 Å². The zero-order valence-electron chi connectivity index (χ0n) is 24.6. The molecule has 0 aliphatic rings. The van der Waals surface area contributed by atoms with Gasteiger partial charge in [0, 0.05) is 21.5 Å². The molecule has 0 saturated heterocycles. The first-order valence-electron chi connectivity index (χ1n) is 14.3. The Bertz CT molecular complexity index is 2100. The lowest BCUT2D eigenvalue weighted by Crippen LogP contribution is -2.29. The topological polar surface area (TPSA) is 17.3 Å². The zero-order valence-corrected chi connectivity index (χ0v) is 24.6. The van der Waals surface area contributed by atoms with Crippen molar-refractivity contribution >= 4 is 86.5 Å². The number of fused-ring (bicyclic) bond motifs is 7. The fourth-order valence-electron chi connectivity index (χ4n) is 6.93. The summed E-state index contributed by atoms with van der Waals surface area (Å²) in [5.74, 6) is 0. The molecule has 0 spiro atoms. The Labute approximate surface area is 232 Å². The van der Waals surface area contributed by atoms with Gasteiger partial charge in [0.1, 0.15) is 7.85 Å². The molecule has 3 aromatic heterocycles. The summed E-state index contributed by atoms with van der Waals surface area (Å²) in [5, 5.41) is 9.21. The third-order valence-corrected chi connectivity index (χ3v) is 8.50. The highest BCUT2D eigenvalue weighted by molar-refractivity contribution is 6.53. The number of pyridine rings is 2. The lowest BCUT2D eigenvalue weighted by atomic mass is 9.80. The molecule has 7 aromatic rings. The molecule has 0 atom stereocenters. The smallest absolute Gasteiger partial charge is 0.163 e. The van der Waals surface area contributed by atoms with Crippen molar-refractivity contribution in [2.24, 2.45) is 10.8 Å². The van der Waals surface area contributed by atoms with Crippen molar-refractivity contribution in [2.45, 2.75) is 54.4 Å². The minimum absolute atomic E-state index is 0.136. The lowest BCUT2D eigenvalue weighted by molar-refractivity contribution is 0.411. The Morgan fingerprint density at radius 2 is 1.38 bits per heavy atom. The van der Waals surface area contributed by atoms with Crippen LogP contribution in [0.15, 0.2) is 60.7 Å². The first-order valence-corrected chi connectivity index (χ1v) is 14.3. The van der Waals surface area contributed by atoms with Crippen LogP contribution >= 0.6 is 0 Å². The Hall–Kier alpha value is -3.52. The minimum atomic E-state index is 0.136. The monoisotopic (exact) mass is 506 g/mol. The van der Waals surface area contributed by atoms with E-state index in [2.05, 4.69) is 122 Å². The second-order valence-electron chi connectivity index (χ2n) is 14.2. The summed E-state index contributed by atoms with van der Waals surface area (Å²) in [6.45, 7) is 14.1. The van der Waals surface area contributed by atoms with Gasteiger partial charge < -0.3 is 4.40 Å². The van der Waals surface area contributed by atoms with E-state index in [0.29, 0.717) is 0 Å². The van der Waals surface area contributed by atoms with E-state index in [4.69, 9.17) is 4.98 Å². The highest BCUT2D eigenvalue weighted by Crippen LogP contribution is 2.43. The molecule has 4 heteroatoms. The van der Waals surface area contributed by atoms with Crippen molar-refractivity contribution in [3.63, 3.8) is 0 Å². The zero-order chi connectivity index (χ0) is 27.4. The van der Waals surface area contributed by atoms with Crippen molar-refractivity contribution in [3.05, 3.63) is 71.8 Å². The van der Waals surface area contributed by atoms with Crippen LogP contribution in [0.5, 0.6) is 0 Å². The molecule has 0 unspecified atom stereocenters. The van der Waals surface area contributed by atoms with E-state index in [9.17, 15) is 0 Å². The van der Waals surface area contributed by atoms with E-state index >= 15 is 0 Å². The number of hydrogen-bond donors (Lipinski definition) is 0. The Morgan fingerprint density at radius 1 is 0.692 bits per heavy atom. The predicted octanol–water partition coefficient (Wildman–Crippen LogP) is 6.23. The number of hydrogen-bond acceptors (Lipinski definition) is 1. The van der Waals surface area contributed by atoms with Gasteiger partial charge in [0.2, 0.25) is 0 Å². The van der Waals surface area contributed by atoms with Gasteiger partial charge >= 0.3 is 0 Å². The molecule has 192 valence electrons. The number of aromatic nitrogens is 2. The van der Waals surface area contributed by atoms with Gasteiger partial charge in [-0.3, -0.25) is 4.98 Å². The van der Waals surface area contributed by atoms with Crippen LogP contribution in [-0.4, -0.2) is 25.1 Å². The van der Waals surface area contributed by atoms with Gasteiger partial charge in [-0.05, 0) is 68.7 Å². The van der Waals surface area contributed by atoms with Crippen LogP contribution in [-0.2, 0) is 12.8 Å². The maximum Gasteiger partial charge on any atom is 0.163 e. The van der Waals surface area contributed by atoms with E-state index in [1.54, 1.807) is 0 Å². The Balaban J connectivity index is 1.79. The van der Waals surface area contributed by atoms with E-state index in [1.165, 1.54) is 70.8 Å². The fraction of sp³-hybridized carbons (Fsp3) is 0.286. The number of rotatable bonds is 2. The summed E-state index contributed by atoms with van der Waals surface area (Å²) >= 11 is 0.